The lowest BCUT2D eigenvalue weighted by molar-refractivity contribution is -0.119. The minimum absolute atomic E-state index is 0.0410. The monoisotopic (exact) mass is 593 g/mol. The van der Waals surface area contributed by atoms with Crippen LogP contribution in [0.15, 0.2) is 82.8 Å². The number of carbonyl (C=O) groups is 1. The summed E-state index contributed by atoms with van der Waals surface area (Å²) in [6, 6.07) is 20.2. The van der Waals surface area contributed by atoms with E-state index in [1.54, 1.807) is 37.3 Å². The highest BCUT2D eigenvalue weighted by molar-refractivity contribution is 14.1. The number of nitrogens with zero attached hydrogens (tertiary/aromatic N) is 2. The maximum absolute atomic E-state index is 13.5. The van der Waals surface area contributed by atoms with Crippen LogP contribution in [-0.2, 0) is 14.8 Å². The zero-order valence-corrected chi connectivity index (χ0v) is 21.8. The molecule has 0 unspecified atom stereocenters. The second kappa shape index (κ2) is 11.3. The van der Waals surface area contributed by atoms with Crippen molar-refractivity contribution in [1.82, 2.24) is 5.43 Å². The lowest BCUT2D eigenvalue weighted by Crippen LogP contribution is -2.40. The SMILES string of the molecule is COc1ccc(N(CC(=O)N/N=C(/C)c2ccc(I)cc2)S(=O)(=O)c2ccccc2)c(OC)c1. The summed E-state index contributed by atoms with van der Waals surface area (Å²) < 4.78 is 39.7. The van der Waals surface area contributed by atoms with Crippen LogP contribution in [0.25, 0.3) is 0 Å². The Hall–Kier alpha value is -3.12. The Morgan fingerprint density at radius 3 is 2.29 bits per heavy atom. The van der Waals surface area contributed by atoms with Crippen molar-refractivity contribution in [2.75, 3.05) is 25.1 Å². The average Bonchev–Trinajstić information content (AvgIpc) is 2.86. The third-order valence-electron chi connectivity index (χ3n) is 4.88. The van der Waals surface area contributed by atoms with Crippen molar-refractivity contribution in [1.29, 1.82) is 0 Å². The molecule has 1 N–H and O–H groups in total. The Bertz CT molecular complexity index is 1280. The molecule has 0 bridgehead atoms. The molecule has 0 aliphatic carbocycles. The van der Waals surface area contributed by atoms with Crippen molar-refractivity contribution in [3.05, 3.63) is 81.9 Å². The first-order valence-electron chi connectivity index (χ1n) is 10.1. The Kier molecular flexibility index (Phi) is 8.51. The van der Waals surface area contributed by atoms with Crippen LogP contribution in [0.5, 0.6) is 11.5 Å². The quantitative estimate of drug-likeness (QED) is 0.230. The zero-order chi connectivity index (χ0) is 24.7. The number of halogens is 1. The number of benzene rings is 3. The summed E-state index contributed by atoms with van der Waals surface area (Å²) in [4.78, 5) is 12.9. The van der Waals surface area contributed by atoms with Crippen LogP contribution in [0, 0.1) is 3.57 Å². The highest BCUT2D eigenvalue weighted by atomic mass is 127. The molecule has 0 fully saturated rings. The first-order valence-corrected chi connectivity index (χ1v) is 12.7. The van der Waals surface area contributed by atoms with E-state index in [2.05, 4.69) is 33.1 Å². The molecular weight excluding hydrogens is 569 g/mol. The molecule has 34 heavy (non-hydrogen) atoms. The van der Waals surface area contributed by atoms with E-state index in [-0.39, 0.29) is 16.3 Å². The van der Waals surface area contributed by atoms with Crippen molar-refractivity contribution in [2.45, 2.75) is 11.8 Å². The van der Waals surface area contributed by atoms with E-state index >= 15 is 0 Å². The van der Waals surface area contributed by atoms with Crippen molar-refractivity contribution in [3.8, 4) is 11.5 Å². The molecule has 1 amide bonds. The maximum Gasteiger partial charge on any atom is 0.264 e. The van der Waals surface area contributed by atoms with Gasteiger partial charge in [-0.05, 0) is 71.5 Å². The molecule has 178 valence electrons. The van der Waals surface area contributed by atoms with Gasteiger partial charge in [-0.15, -0.1) is 0 Å². The number of hydrazone groups is 1. The summed E-state index contributed by atoms with van der Waals surface area (Å²) in [6.07, 6.45) is 0. The van der Waals surface area contributed by atoms with Crippen LogP contribution >= 0.6 is 22.6 Å². The smallest absolute Gasteiger partial charge is 0.264 e. The number of ether oxygens (including phenoxy) is 2. The highest BCUT2D eigenvalue weighted by Gasteiger charge is 2.29. The molecule has 0 saturated heterocycles. The molecule has 0 saturated carbocycles. The highest BCUT2D eigenvalue weighted by Crippen LogP contribution is 2.35. The van der Waals surface area contributed by atoms with Gasteiger partial charge in [-0.25, -0.2) is 13.8 Å². The minimum Gasteiger partial charge on any atom is -0.497 e. The van der Waals surface area contributed by atoms with Gasteiger partial charge < -0.3 is 9.47 Å². The van der Waals surface area contributed by atoms with Crippen LogP contribution in [0.1, 0.15) is 12.5 Å². The number of hydrogen-bond donors (Lipinski definition) is 1. The lowest BCUT2D eigenvalue weighted by Gasteiger charge is -2.25. The predicted molar refractivity (Wildman–Crippen MR) is 140 cm³/mol. The van der Waals surface area contributed by atoms with E-state index in [9.17, 15) is 13.2 Å². The first kappa shape index (κ1) is 25.5. The number of hydrogen-bond acceptors (Lipinski definition) is 6. The summed E-state index contributed by atoms with van der Waals surface area (Å²) in [5.74, 6) is 0.118. The van der Waals surface area contributed by atoms with E-state index in [4.69, 9.17) is 9.47 Å². The van der Waals surface area contributed by atoms with Gasteiger partial charge in [0.25, 0.3) is 15.9 Å². The van der Waals surface area contributed by atoms with Crippen LogP contribution in [0.2, 0.25) is 0 Å². The van der Waals surface area contributed by atoms with Crippen molar-refractivity contribution in [3.63, 3.8) is 0 Å². The third-order valence-corrected chi connectivity index (χ3v) is 7.38. The Balaban J connectivity index is 1.94. The summed E-state index contributed by atoms with van der Waals surface area (Å²) in [5.41, 5.74) is 4.08. The lowest BCUT2D eigenvalue weighted by atomic mass is 10.1. The summed E-state index contributed by atoms with van der Waals surface area (Å²) in [6.45, 7) is 1.25. The molecule has 0 radical (unpaired) electrons. The molecule has 0 aliphatic rings. The number of amides is 1. The number of rotatable bonds is 9. The van der Waals surface area contributed by atoms with Crippen LogP contribution in [-0.4, -0.2) is 40.8 Å². The van der Waals surface area contributed by atoms with Gasteiger partial charge >= 0.3 is 0 Å². The van der Waals surface area contributed by atoms with Crippen LogP contribution < -0.4 is 19.2 Å². The van der Waals surface area contributed by atoms with Gasteiger partial charge in [0.15, 0.2) is 0 Å². The fourth-order valence-electron chi connectivity index (χ4n) is 3.08. The van der Waals surface area contributed by atoms with Crippen molar-refractivity contribution < 1.29 is 22.7 Å². The molecule has 0 aromatic heterocycles. The molecular formula is C24H24IN3O5S. The third kappa shape index (κ3) is 6.06. The normalized spacial score (nSPS) is 11.6. The topological polar surface area (TPSA) is 97.3 Å². The van der Waals surface area contributed by atoms with Gasteiger partial charge in [0.1, 0.15) is 18.0 Å². The number of sulfonamides is 1. The van der Waals surface area contributed by atoms with Crippen LogP contribution in [0.3, 0.4) is 0 Å². The fourth-order valence-corrected chi connectivity index (χ4v) is 4.89. The van der Waals surface area contributed by atoms with E-state index in [1.165, 1.54) is 32.4 Å². The van der Waals surface area contributed by atoms with Crippen molar-refractivity contribution >= 4 is 49.9 Å². The molecule has 8 nitrogen and oxygen atoms in total. The van der Waals surface area contributed by atoms with Gasteiger partial charge in [0, 0.05) is 9.64 Å². The minimum atomic E-state index is -4.09. The van der Waals surface area contributed by atoms with Gasteiger partial charge in [-0.2, -0.15) is 5.10 Å². The Labute approximate surface area is 212 Å². The maximum atomic E-state index is 13.5. The van der Waals surface area contributed by atoms with Gasteiger partial charge in [0.05, 0.1) is 30.5 Å². The van der Waals surface area contributed by atoms with Crippen molar-refractivity contribution in [2.24, 2.45) is 5.10 Å². The van der Waals surface area contributed by atoms with Gasteiger partial charge in [-0.1, -0.05) is 30.3 Å². The molecule has 0 aliphatic heterocycles. The summed E-state index contributed by atoms with van der Waals surface area (Å²) in [7, 11) is -1.18. The van der Waals surface area contributed by atoms with E-state index in [0.717, 1.165) is 13.4 Å². The second-order valence-corrected chi connectivity index (χ2v) is 10.2. The molecule has 3 aromatic rings. The Morgan fingerprint density at radius 1 is 1.00 bits per heavy atom. The number of anilines is 1. The molecule has 10 heteroatoms. The average molecular weight is 593 g/mol. The molecule has 3 rings (SSSR count). The molecule has 0 heterocycles. The van der Waals surface area contributed by atoms with E-state index in [0.29, 0.717) is 11.5 Å². The fraction of sp³-hybridized carbons (Fsp3) is 0.167. The standard InChI is InChI=1S/C24H24IN3O5S/c1-17(18-9-11-19(25)12-10-18)26-27-24(29)16-28(34(30,31)21-7-5-4-6-8-21)22-14-13-20(32-2)15-23(22)33-3/h4-15H,16H2,1-3H3,(H,27,29)/b26-17-. The zero-order valence-electron chi connectivity index (χ0n) is 18.9. The largest absolute Gasteiger partial charge is 0.497 e. The Morgan fingerprint density at radius 2 is 1.68 bits per heavy atom. The number of methoxy groups -OCH3 is 2. The summed E-state index contributed by atoms with van der Waals surface area (Å²) >= 11 is 2.20. The van der Waals surface area contributed by atoms with Gasteiger partial charge in [-0.3, -0.25) is 9.10 Å². The van der Waals surface area contributed by atoms with Crippen LogP contribution in [0.4, 0.5) is 5.69 Å². The molecule has 3 aromatic carbocycles. The summed E-state index contributed by atoms with van der Waals surface area (Å²) in [5, 5.41) is 4.14. The van der Waals surface area contributed by atoms with Gasteiger partial charge in [0.2, 0.25) is 0 Å². The number of nitrogens with one attached hydrogen (secondary N) is 1. The van der Waals surface area contributed by atoms with E-state index in [1.807, 2.05) is 24.3 Å². The molecule has 0 spiro atoms. The first-order chi connectivity index (χ1) is 16.3. The predicted octanol–water partition coefficient (Wildman–Crippen LogP) is 4.04. The van der Waals surface area contributed by atoms with E-state index < -0.39 is 22.5 Å². The molecule has 0 atom stereocenters. The number of carbonyl (C=O) groups excluding carboxylic acids is 1. The second-order valence-electron chi connectivity index (χ2n) is 7.10.